The number of rotatable bonds is 3. The van der Waals surface area contributed by atoms with Crippen LogP contribution in [0.15, 0.2) is 16.9 Å². The Bertz CT molecular complexity index is 695. The second-order valence-corrected chi connectivity index (χ2v) is 5.08. The zero-order valence-electron chi connectivity index (χ0n) is 11.4. The summed E-state index contributed by atoms with van der Waals surface area (Å²) >= 11 is 0. The Morgan fingerprint density at radius 3 is 2.90 bits per heavy atom. The third-order valence-corrected chi connectivity index (χ3v) is 3.74. The van der Waals surface area contributed by atoms with Crippen LogP contribution < -0.4 is 5.56 Å². The van der Waals surface area contributed by atoms with E-state index in [2.05, 4.69) is 10.1 Å². The van der Waals surface area contributed by atoms with E-state index in [1.165, 1.54) is 17.4 Å². The number of hydrogen-bond donors (Lipinski definition) is 1. The Balaban J connectivity index is 2.02. The molecule has 6 heteroatoms. The van der Waals surface area contributed by atoms with Gasteiger partial charge in [-0.3, -0.25) is 9.89 Å². The van der Waals surface area contributed by atoms with Gasteiger partial charge in [0.2, 0.25) is 0 Å². The number of fused-ring (bicyclic) bond motifs is 1. The Hall–Kier alpha value is -2.11. The van der Waals surface area contributed by atoms with Crippen molar-refractivity contribution in [1.82, 2.24) is 14.6 Å². The number of aromatic amines is 1. The van der Waals surface area contributed by atoms with Crippen molar-refractivity contribution in [2.75, 3.05) is 6.61 Å². The predicted molar refractivity (Wildman–Crippen MR) is 73.0 cm³/mol. The molecule has 6 nitrogen and oxygen atoms in total. The quantitative estimate of drug-likeness (QED) is 0.867. The van der Waals surface area contributed by atoms with Crippen LogP contribution in [0.5, 0.6) is 0 Å². The molecule has 1 N–H and O–H groups in total. The summed E-state index contributed by atoms with van der Waals surface area (Å²) in [5, 5.41) is 2.73. The highest BCUT2D eigenvalue weighted by molar-refractivity contribution is 5.88. The third kappa shape index (κ3) is 2.21. The second-order valence-electron chi connectivity index (χ2n) is 5.08. The van der Waals surface area contributed by atoms with E-state index in [0.29, 0.717) is 18.2 Å². The van der Waals surface area contributed by atoms with Gasteiger partial charge < -0.3 is 4.74 Å². The van der Waals surface area contributed by atoms with Gasteiger partial charge >= 0.3 is 5.97 Å². The van der Waals surface area contributed by atoms with Crippen LogP contribution in [0.4, 0.5) is 0 Å². The monoisotopic (exact) mass is 275 g/mol. The lowest BCUT2D eigenvalue weighted by Crippen LogP contribution is -2.17. The summed E-state index contributed by atoms with van der Waals surface area (Å²) in [5.41, 5.74) is 1.37. The second kappa shape index (κ2) is 5.11. The molecule has 1 saturated carbocycles. The lowest BCUT2D eigenvalue weighted by atomic mass is 10.0. The molecule has 1 aliphatic carbocycles. The molecule has 0 spiro atoms. The Morgan fingerprint density at radius 1 is 1.45 bits per heavy atom. The number of H-pyrrole nitrogens is 1. The Labute approximate surface area is 115 Å². The summed E-state index contributed by atoms with van der Waals surface area (Å²) in [5.74, 6) is -0.103. The SMILES string of the molecule is CCOC(=O)c1cc2nc(C3CCCC3)cc(=O)n2[nH]1. The lowest BCUT2D eigenvalue weighted by Gasteiger charge is -2.07. The van der Waals surface area contributed by atoms with Crippen molar-refractivity contribution in [1.29, 1.82) is 0 Å². The number of ether oxygens (including phenoxy) is 1. The van der Waals surface area contributed by atoms with Crippen molar-refractivity contribution >= 4 is 11.6 Å². The fraction of sp³-hybridized carbons (Fsp3) is 0.500. The minimum absolute atomic E-state index is 0.188. The number of esters is 1. The zero-order chi connectivity index (χ0) is 14.1. The number of carbonyl (C=O) groups excluding carboxylic acids is 1. The van der Waals surface area contributed by atoms with Crippen LogP contribution in [0.2, 0.25) is 0 Å². The van der Waals surface area contributed by atoms with Crippen molar-refractivity contribution in [3.05, 3.63) is 33.9 Å². The van der Waals surface area contributed by atoms with Gasteiger partial charge in [-0.25, -0.2) is 14.3 Å². The van der Waals surface area contributed by atoms with Crippen molar-refractivity contribution in [3.8, 4) is 0 Å². The van der Waals surface area contributed by atoms with Crippen molar-refractivity contribution in [3.63, 3.8) is 0 Å². The molecule has 0 unspecified atom stereocenters. The van der Waals surface area contributed by atoms with Gasteiger partial charge in [-0.15, -0.1) is 0 Å². The van der Waals surface area contributed by atoms with Gasteiger partial charge in [-0.1, -0.05) is 12.8 Å². The molecule has 1 aliphatic rings. The summed E-state index contributed by atoms with van der Waals surface area (Å²) in [6.07, 6.45) is 4.54. The molecule has 1 fully saturated rings. The summed E-state index contributed by atoms with van der Waals surface area (Å²) in [7, 11) is 0. The molecule has 20 heavy (non-hydrogen) atoms. The highest BCUT2D eigenvalue weighted by atomic mass is 16.5. The first-order chi connectivity index (χ1) is 9.69. The number of nitrogens with one attached hydrogen (secondary N) is 1. The molecule has 0 aliphatic heterocycles. The molecule has 2 heterocycles. The average molecular weight is 275 g/mol. The van der Waals surface area contributed by atoms with E-state index in [1.54, 1.807) is 19.1 Å². The highest BCUT2D eigenvalue weighted by Gasteiger charge is 2.20. The summed E-state index contributed by atoms with van der Waals surface area (Å²) in [6.45, 7) is 2.03. The Morgan fingerprint density at radius 2 is 2.20 bits per heavy atom. The molecular formula is C14H17N3O3. The standard InChI is InChI=1S/C14H17N3O3/c1-2-20-14(19)11-7-12-15-10(9-5-3-4-6-9)8-13(18)17(12)16-11/h7-9,16H,2-6H2,1H3. The molecule has 3 rings (SSSR count). The molecule has 2 aromatic heterocycles. The first-order valence-electron chi connectivity index (χ1n) is 6.99. The fourth-order valence-corrected chi connectivity index (χ4v) is 2.75. The van der Waals surface area contributed by atoms with Gasteiger partial charge in [-0.05, 0) is 19.8 Å². The van der Waals surface area contributed by atoms with Crippen LogP contribution in [0.25, 0.3) is 5.65 Å². The van der Waals surface area contributed by atoms with E-state index in [9.17, 15) is 9.59 Å². The number of aromatic nitrogens is 3. The summed E-state index contributed by atoms with van der Waals surface area (Å²) in [4.78, 5) is 28.3. The van der Waals surface area contributed by atoms with E-state index < -0.39 is 5.97 Å². The first-order valence-corrected chi connectivity index (χ1v) is 6.99. The summed E-state index contributed by atoms with van der Waals surface area (Å²) in [6, 6.07) is 3.13. The van der Waals surface area contributed by atoms with E-state index in [-0.39, 0.29) is 11.3 Å². The summed E-state index contributed by atoms with van der Waals surface area (Å²) < 4.78 is 6.20. The maximum atomic E-state index is 12.1. The first kappa shape index (κ1) is 12.9. The lowest BCUT2D eigenvalue weighted by molar-refractivity contribution is 0.0519. The third-order valence-electron chi connectivity index (χ3n) is 3.74. The molecular weight excluding hydrogens is 258 g/mol. The minimum atomic E-state index is -0.472. The van der Waals surface area contributed by atoms with Crippen molar-refractivity contribution < 1.29 is 9.53 Å². The topological polar surface area (TPSA) is 76.5 Å². The molecule has 106 valence electrons. The van der Waals surface area contributed by atoms with Gasteiger partial charge in [0.15, 0.2) is 5.65 Å². The molecule has 0 aromatic carbocycles. The van der Waals surface area contributed by atoms with E-state index in [4.69, 9.17) is 4.74 Å². The average Bonchev–Trinajstić information content (AvgIpc) is 3.08. The molecule has 0 bridgehead atoms. The van der Waals surface area contributed by atoms with Gasteiger partial charge in [0.25, 0.3) is 5.56 Å². The maximum Gasteiger partial charge on any atom is 0.356 e. The number of hydrogen-bond acceptors (Lipinski definition) is 4. The highest BCUT2D eigenvalue weighted by Crippen LogP contribution is 2.32. The van der Waals surface area contributed by atoms with Gasteiger partial charge in [0.1, 0.15) is 5.69 Å². The van der Waals surface area contributed by atoms with Crippen LogP contribution in [0, 0.1) is 0 Å². The van der Waals surface area contributed by atoms with Gasteiger partial charge in [0.05, 0.1) is 12.3 Å². The van der Waals surface area contributed by atoms with E-state index >= 15 is 0 Å². The van der Waals surface area contributed by atoms with E-state index in [0.717, 1.165) is 18.5 Å². The van der Waals surface area contributed by atoms with Crippen LogP contribution in [-0.4, -0.2) is 27.2 Å². The molecule has 2 aromatic rings. The largest absolute Gasteiger partial charge is 0.461 e. The molecule has 0 atom stereocenters. The zero-order valence-corrected chi connectivity index (χ0v) is 11.4. The number of carbonyl (C=O) groups is 1. The van der Waals surface area contributed by atoms with Crippen LogP contribution in [0.3, 0.4) is 0 Å². The molecule has 0 amide bonds. The van der Waals surface area contributed by atoms with Crippen molar-refractivity contribution in [2.24, 2.45) is 0 Å². The Kier molecular flexibility index (Phi) is 3.30. The normalized spacial score (nSPS) is 15.8. The minimum Gasteiger partial charge on any atom is -0.461 e. The maximum absolute atomic E-state index is 12.1. The van der Waals surface area contributed by atoms with Crippen LogP contribution in [-0.2, 0) is 4.74 Å². The van der Waals surface area contributed by atoms with Crippen LogP contribution >= 0.6 is 0 Å². The smallest absolute Gasteiger partial charge is 0.356 e. The fourth-order valence-electron chi connectivity index (χ4n) is 2.75. The molecule has 0 saturated heterocycles. The van der Waals surface area contributed by atoms with Crippen molar-refractivity contribution in [2.45, 2.75) is 38.5 Å². The van der Waals surface area contributed by atoms with E-state index in [1.807, 2.05) is 0 Å². The number of nitrogens with zero attached hydrogens (tertiary/aromatic N) is 2. The predicted octanol–water partition coefficient (Wildman–Crippen LogP) is 1.86. The molecule has 0 radical (unpaired) electrons. The van der Waals surface area contributed by atoms with Gasteiger partial charge in [-0.2, -0.15) is 0 Å². The van der Waals surface area contributed by atoms with Crippen LogP contribution in [0.1, 0.15) is 54.7 Å². The van der Waals surface area contributed by atoms with Gasteiger partial charge in [0, 0.05) is 18.1 Å².